The summed E-state index contributed by atoms with van der Waals surface area (Å²) in [6.07, 6.45) is 4.72. The maximum absolute atomic E-state index is 14.2. The molecule has 4 atom stereocenters. The zero-order valence-electron chi connectivity index (χ0n) is 30.9. The maximum atomic E-state index is 14.2. The first-order valence-corrected chi connectivity index (χ1v) is 22.2. The highest BCUT2D eigenvalue weighted by atomic mass is 79.9. The third-order valence-corrected chi connectivity index (χ3v) is 17.7. The lowest BCUT2D eigenvalue weighted by Gasteiger charge is -2.44. The molecule has 2 fully saturated rings. The predicted octanol–water partition coefficient (Wildman–Crippen LogP) is 8.88. The first kappa shape index (κ1) is 37.7. The third kappa shape index (κ3) is 7.31. The Morgan fingerprint density at radius 3 is 2.30 bits per heavy atom. The van der Waals surface area contributed by atoms with Gasteiger partial charge in [0.05, 0.1) is 37.7 Å². The molecule has 1 aromatic heterocycles. The van der Waals surface area contributed by atoms with Crippen molar-refractivity contribution < 1.29 is 23.9 Å². The number of likely N-dealkylation sites (tertiary alicyclic amines) is 1. The van der Waals surface area contributed by atoms with E-state index in [9.17, 15) is 14.7 Å². The van der Waals surface area contributed by atoms with Crippen LogP contribution in [0.1, 0.15) is 63.8 Å². The first-order chi connectivity index (χ1) is 25.5. The van der Waals surface area contributed by atoms with E-state index in [1.165, 1.54) is 20.8 Å². The maximum Gasteiger partial charge on any atom is 0.261 e. The predicted molar refractivity (Wildman–Crippen MR) is 219 cm³/mol. The largest absolute Gasteiger partial charge is 0.507 e. The summed E-state index contributed by atoms with van der Waals surface area (Å²) in [5.74, 6) is -0.947. The fourth-order valence-corrected chi connectivity index (χ4v) is 14.5. The van der Waals surface area contributed by atoms with Crippen LogP contribution in [0.15, 0.2) is 118 Å². The number of carbonyl (C=O) groups excluding carboxylic acids is 2. The van der Waals surface area contributed by atoms with Crippen molar-refractivity contribution in [1.29, 1.82) is 0 Å². The minimum Gasteiger partial charge on any atom is -0.507 e. The third-order valence-electron chi connectivity index (χ3n) is 11.4. The Labute approximate surface area is 326 Å². The molecule has 2 saturated heterocycles. The summed E-state index contributed by atoms with van der Waals surface area (Å²) in [6.45, 7) is 10.1. The molecule has 53 heavy (non-hydrogen) atoms. The molecule has 3 heterocycles. The molecule has 3 aliphatic rings. The van der Waals surface area contributed by atoms with E-state index >= 15 is 0 Å². The van der Waals surface area contributed by atoms with Crippen molar-refractivity contribution in [3.05, 3.63) is 128 Å². The Balaban J connectivity index is 1.26. The number of phenols is 1. The van der Waals surface area contributed by atoms with Crippen LogP contribution in [-0.2, 0) is 25.3 Å². The molecule has 0 bridgehead atoms. The van der Waals surface area contributed by atoms with Crippen LogP contribution in [-0.4, -0.2) is 49.5 Å². The second-order valence-corrected chi connectivity index (χ2v) is 21.8. The van der Waals surface area contributed by atoms with Gasteiger partial charge in [-0.15, -0.1) is 11.3 Å². The van der Waals surface area contributed by atoms with Gasteiger partial charge in [-0.2, -0.15) is 0 Å². The number of halogens is 1. The monoisotopic (exact) mass is 809 g/mol. The van der Waals surface area contributed by atoms with Crippen molar-refractivity contribution in [2.75, 3.05) is 13.2 Å². The van der Waals surface area contributed by atoms with Crippen molar-refractivity contribution in [1.82, 2.24) is 4.90 Å². The van der Waals surface area contributed by atoms with E-state index in [2.05, 4.69) is 110 Å². The first-order valence-electron chi connectivity index (χ1n) is 18.7. The van der Waals surface area contributed by atoms with E-state index in [1.54, 1.807) is 17.4 Å². The number of hydrogen-bond acceptors (Lipinski definition) is 6. The summed E-state index contributed by atoms with van der Waals surface area (Å²) in [4.78, 5) is 30.9. The highest BCUT2D eigenvalue weighted by molar-refractivity contribution is 9.10. The van der Waals surface area contributed by atoms with Gasteiger partial charge in [-0.3, -0.25) is 14.5 Å². The second kappa shape index (κ2) is 15.6. The standard InChI is InChI=1S/C44H48BrNO5SSi/c1-5-29(23-30-24-32(45)19-20-38(30)47)18-21-39-40-31(25-36-41(37(40)28-50-39)43(49)46(42(36)48)26-33-13-12-22-52-33)27-51-53(44(2,3)4,34-14-8-6-9-15-34)35-16-10-7-11-17-35/h6-17,19-20,22-24,36-37,39,41,47H,5,18,21,25-28H2,1-4H3/b29-23+/t36-,37+,39-,41-/m1/s1. The Bertz CT molecular complexity index is 1970. The number of ether oxygens (including phenoxy) is 1. The van der Waals surface area contributed by atoms with Gasteiger partial charge < -0.3 is 14.3 Å². The average Bonchev–Trinajstić information content (AvgIpc) is 3.88. The van der Waals surface area contributed by atoms with Gasteiger partial charge in [-0.05, 0) is 81.9 Å². The van der Waals surface area contributed by atoms with E-state index in [-0.39, 0.29) is 34.6 Å². The number of benzene rings is 3. The molecule has 1 N–H and O–H groups in total. The van der Waals surface area contributed by atoms with Crippen molar-refractivity contribution in [2.45, 2.75) is 71.1 Å². The van der Waals surface area contributed by atoms with E-state index in [0.717, 1.165) is 45.3 Å². The SMILES string of the molecule is CC/C(=C\c1cc(Br)ccc1O)CC[C@H]1OC[C@H]2C1=C(CO[Si](c1ccccc1)(c1ccccc1)C(C)(C)C)C[C@H]1C(=O)N(Cc3cccs3)C(=O)[C@H]12. The van der Waals surface area contributed by atoms with Crippen LogP contribution in [0.2, 0.25) is 5.04 Å². The van der Waals surface area contributed by atoms with E-state index < -0.39 is 20.2 Å². The van der Waals surface area contributed by atoms with Crippen LogP contribution in [0.3, 0.4) is 0 Å². The van der Waals surface area contributed by atoms with Crippen molar-refractivity contribution in [3.63, 3.8) is 0 Å². The van der Waals surface area contributed by atoms with E-state index in [0.29, 0.717) is 26.2 Å². The molecule has 4 aromatic rings. The molecule has 7 rings (SSSR count). The van der Waals surface area contributed by atoms with Crippen LogP contribution < -0.4 is 10.4 Å². The molecular weight excluding hydrogens is 763 g/mol. The molecule has 2 amide bonds. The number of fused-ring (bicyclic) bond motifs is 3. The highest BCUT2D eigenvalue weighted by Crippen LogP contribution is 2.51. The lowest BCUT2D eigenvalue weighted by atomic mass is 9.69. The smallest absolute Gasteiger partial charge is 0.261 e. The molecule has 0 radical (unpaired) electrons. The van der Waals surface area contributed by atoms with Gasteiger partial charge in [0, 0.05) is 20.8 Å². The Morgan fingerprint density at radius 2 is 1.68 bits per heavy atom. The molecule has 276 valence electrons. The van der Waals surface area contributed by atoms with E-state index in [4.69, 9.17) is 9.16 Å². The van der Waals surface area contributed by atoms with Gasteiger partial charge in [0.2, 0.25) is 11.8 Å². The topological polar surface area (TPSA) is 76.1 Å². The molecule has 9 heteroatoms. The van der Waals surface area contributed by atoms with Gasteiger partial charge in [-0.1, -0.05) is 122 Å². The van der Waals surface area contributed by atoms with Crippen LogP contribution in [0.4, 0.5) is 0 Å². The number of aromatic hydroxyl groups is 1. The zero-order chi connectivity index (χ0) is 37.3. The van der Waals surface area contributed by atoms with Gasteiger partial charge >= 0.3 is 0 Å². The molecule has 2 aliphatic heterocycles. The molecule has 0 unspecified atom stereocenters. The van der Waals surface area contributed by atoms with Crippen LogP contribution in [0, 0.1) is 17.8 Å². The number of allylic oxidation sites excluding steroid dienone is 1. The zero-order valence-corrected chi connectivity index (χ0v) is 34.3. The highest BCUT2D eigenvalue weighted by Gasteiger charge is 2.58. The number of amides is 2. The number of nitrogens with zero attached hydrogens (tertiary/aromatic N) is 1. The van der Waals surface area contributed by atoms with Crippen molar-refractivity contribution >= 4 is 63.8 Å². The van der Waals surface area contributed by atoms with Gasteiger partial charge in [0.25, 0.3) is 8.32 Å². The summed E-state index contributed by atoms with van der Waals surface area (Å²) in [6, 6.07) is 30.7. The van der Waals surface area contributed by atoms with Crippen LogP contribution >= 0.6 is 27.3 Å². The quantitative estimate of drug-likeness (QED) is 0.0880. The number of thiophene rings is 1. The summed E-state index contributed by atoms with van der Waals surface area (Å²) in [5, 5.41) is 14.7. The molecule has 0 spiro atoms. The number of imide groups is 1. The second-order valence-electron chi connectivity index (χ2n) is 15.5. The minimum atomic E-state index is -2.89. The van der Waals surface area contributed by atoms with Gasteiger partial charge in [0.1, 0.15) is 5.75 Å². The molecule has 0 saturated carbocycles. The number of phenolic OH excluding ortho intramolecular Hbond substituents is 1. The number of carbonyl (C=O) groups is 2. The molecule has 3 aromatic carbocycles. The summed E-state index contributed by atoms with van der Waals surface area (Å²) >= 11 is 5.11. The fraction of sp³-hybridized carbons (Fsp3) is 0.364. The summed E-state index contributed by atoms with van der Waals surface area (Å²) in [5.41, 5.74) is 4.25. The van der Waals surface area contributed by atoms with Crippen molar-refractivity contribution in [2.24, 2.45) is 17.8 Å². The normalized spacial score (nSPS) is 22.1. The Kier molecular flexibility index (Phi) is 11.1. The fourth-order valence-electron chi connectivity index (χ4n) is 8.87. The molecule has 6 nitrogen and oxygen atoms in total. The summed E-state index contributed by atoms with van der Waals surface area (Å²) in [7, 11) is -2.89. The molecular formula is C44H48BrNO5SSi. The lowest BCUT2D eigenvalue weighted by Crippen LogP contribution is -2.66. The number of rotatable bonds is 12. The average molecular weight is 811 g/mol. The molecule has 1 aliphatic carbocycles. The Morgan fingerprint density at radius 1 is 0.981 bits per heavy atom. The van der Waals surface area contributed by atoms with Gasteiger partial charge in [-0.25, -0.2) is 0 Å². The van der Waals surface area contributed by atoms with Gasteiger partial charge in [0.15, 0.2) is 0 Å². The lowest BCUT2D eigenvalue weighted by molar-refractivity contribution is -0.140. The van der Waals surface area contributed by atoms with E-state index in [1.807, 2.05) is 29.6 Å². The minimum absolute atomic E-state index is 0.0774. The van der Waals surface area contributed by atoms with Crippen LogP contribution in [0.25, 0.3) is 6.08 Å². The summed E-state index contributed by atoms with van der Waals surface area (Å²) < 4.78 is 15.1. The Hall–Kier alpha value is -3.60. The number of hydrogen-bond donors (Lipinski definition) is 1. The van der Waals surface area contributed by atoms with Crippen LogP contribution in [0.5, 0.6) is 5.75 Å². The van der Waals surface area contributed by atoms with Crippen molar-refractivity contribution in [3.8, 4) is 5.75 Å².